The predicted octanol–water partition coefficient (Wildman–Crippen LogP) is 4.39. The van der Waals surface area contributed by atoms with E-state index < -0.39 is 0 Å². The van der Waals surface area contributed by atoms with E-state index in [1.807, 2.05) is 26.0 Å². The Morgan fingerprint density at radius 3 is 2.22 bits per heavy atom. The van der Waals surface area contributed by atoms with Crippen molar-refractivity contribution in [1.82, 2.24) is 0 Å². The van der Waals surface area contributed by atoms with Gasteiger partial charge in [-0.15, -0.1) is 0 Å². The topological polar surface area (TPSA) is 29.1 Å². The number of anilines is 1. The lowest BCUT2D eigenvalue weighted by molar-refractivity contribution is -0.120. The molecule has 0 radical (unpaired) electrons. The maximum absolute atomic E-state index is 11.9. The first kappa shape index (κ1) is 15.2. The molecule has 0 heterocycles. The summed E-state index contributed by atoms with van der Waals surface area (Å²) in [7, 11) is 0. The minimum atomic E-state index is 0.118. The van der Waals surface area contributed by atoms with Crippen LogP contribution in [0.3, 0.4) is 0 Å². The molecule has 0 spiro atoms. The molecule has 1 atom stereocenters. The number of carbonyl (C=O) groups excluding carboxylic acids is 1. The normalized spacial score (nSPS) is 12.5. The lowest BCUT2D eigenvalue weighted by Gasteiger charge is -2.13. The Morgan fingerprint density at radius 2 is 1.78 bits per heavy atom. The maximum Gasteiger partial charge on any atom is 0.227 e. The molecular weight excluding hydrogens is 290 g/mol. The van der Waals surface area contributed by atoms with Gasteiger partial charge in [0.05, 0.1) is 0 Å². The molecular formula is C15H22BrNO. The Labute approximate surface area is 118 Å². The summed E-state index contributed by atoms with van der Waals surface area (Å²) in [6.07, 6.45) is 2.78. The minimum Gasteiger partial charge on any atom is -0.326 e. The molecule has 1 aromatic rings. The number of alkyl halides is 1. The second-order valence-electron chi connectivity index (χ2n) is 4.68. The Balaban J connectivity index is 2.60. The zero-order chi connectivity index (χ0) is 13.5. The number of halogens is 1. The van der Waals surface area contributed by atoms with Gasteiger partial charge in [-0.2, -0.15) is 0 Å². The van der Waals surface area contributed by atoms with Gasteiger partial charge < -0.3 is 5.32 Å². The quantitative estimate of drug-likeness (QED) is 0.776. The third kappa shape index (κ3) is 4.81. The molecule has 2 nitrogen and oxygen atoms in total. The van der Waals surface area contributed by atoms with E-state index >= 15 is 0 Å². The first-order chi connectivity index (χ1) is 8.56. The van der Waals surface area contributed by atoms with E-state index in [1.54, 1.807) is 0 Å². The second kappa shape index (κ2) is 7.57. The standard InChI is InChI=1S/C15H22BrNO/c1-4-13(5-2)15(18)17-14-8-6-12(7-9-14)10-11(3)16/h6-9,11,13H,4-5,10H2,1-3H3,(H,17,18). The lowest BCUT2D eigenvalue weighted by Crippen LogP contribution is -2.21. The highest BCUT2D eigenvalue weighted by Crippen LogP contribution is 2.16. The summed E-state index contributed by atoms with van der Waals surface area (Å²) >= 11 is 3.54. The van der Waals surface area contributed by atoms with E-state index in [1.165, 1.54) is 5.56 Å². The van der Waals surface area contributed by atoms with E-state index in [4.69, 9.17) is 0 Å². The van der Waals surface area contributed by atoms with Crippen molar-refractivity contribution in [2.45, 2.75) is 44.9 Å². The molecule has 1 amide bonds. The van der Waals surface area contributed by atoms with Crippen molar-refractivity contribution >= 4 is 27.5 Å². The highest BCUT2D eigenvalue weighted by atomic mass is 79.9. The average molecular weight is 312 g/mol. The summed E-state index contributed by atoms with van der Waals surface area (Å²) in [5, 5.41) is 2.97. The Bertz CT molecular complexity index is 369. The lowest BCUT2D eigenvalue weighted by atomic mass is 10.0. The predicted molar refractivity (Wildman–Crippen MR) is 81.2 cm³/mol. The zero-order valence-electron chi connectivity index (χ0n) is 11.4. The van der Waals surface area contributed by atoms with Crippen molar-refractivity contribution in [3.05, 3.63) is 29.8 Å². The van der Waals surface area contributed by atoms with E-state index in [0.717, 1.165) is 24.9 Å². The fourth-order valence-electron chi connectivity index (χ4n) is 1.95. The molecule has 100 valence electrons. The van der Waals surface area contributed by atoms with Gasteiger partial charge in [0.1, 0.15) is 0 Å². The first-order valence-electron chi connectivity index (χ1n) is 6.60. The first-order valence-corrected chi connectivity index (χ1v) is 7.52. The molecule has 0 fully saturated rings. The number of rotatable bonds is 6. The van der Waals surface area contributed by atoms with Crippen LogP contribution in [0, 0.1) is 5.92 Å². The van der Waals surface area contributed by atoms with Crippen LogP contribution in [0.25, 0.3) is 0 Å². The molecule has 0 bridgehead atoms. The number of carbonyl (C=O) groups is 1. The van der Waals surface area contributed by atoms with Gasteiger partial charge in [-0.3, -0.25) is 4.79 Å². The zero-order valence-corrected chi connectivity index (χ0v) is 13.0. The molecule has 0 saturated carbocycles. The van der Waals surface area contributed by atoms with Crippen molar-refractivity contribution < 1.29 is 4.79 Å². The van der Waals surface area contributed by atoms with Gasteiger partial charge in [0, 0.05) is 16.4 Å². The average Bonchev–Trinajstić information content (AvgIpc) is 2.32. The Kier molecular flexibility index (Phi) is 6.41. The summed E-state index contributed by atoms with van der Waals surface area (Å²) in [6, 6.07) is 8.09. The largest absolute Gasteiger partial charge is 0.326 e. The number of nitrogens with one attached hydrogen (secondary N) is 1. The SMILES string of the molecule is CCC(CC)C(=O)Nc1ccc(CC(C)Br)cc1. The van der Waals surface area contributed by atoms with Gasteiger partial charge in [-0.25, -0.2) is 0 Å². The molecule has 0 aliphatic carbocycles. The van der Waals surface area contributed by atoms with Crippen LogP contribution in [0.4, 0.5) is 5.69 Å². The van der Waals surface area contributed by atoms with Crippen molar-refractivity contribution in [3.63, 3.8) is 0 Å². The van der Waals surface area contributed by atoms with Gasteiger partial charge in [0.15, 0.2) is 0 Å². The Hall–Kier alpha value is -0.830. The second-order valence-corrected chi connectivity index (χ2v) is 6.25. The summed E-state index contributed by atoms with van der Waals surface area (Å²) in [4.78, 5) is 12.4. The number of amides is 1. The van der Waals surface area contributed by atoms with Crippen LogP contribution >= 0.6 is 15.9 Å². The van der Waals surface area contributed by atoms with Crippen LogP contribution in [0.5, 0.6) is 0 Å². The van der Waals surface area contributed by atoms with Gasteiger partial charge in [0.25, 0.3) is 0 Å². The Morgan fingerprint density at radius 1 is 1.22 bits per heavy atom. The number of hydrogen-bond donors (Lipinski definition) is 1. The maximum atomic E-state index is 11.9. The van der Waals surface area contributed by atoms with Crippen molar-refractivity contribution in [1.29, 1.82) is 0 Å². The minimum absolute atomic E-state index is 0.118. The summed E-state index contributed by atoms with van der Waals surface area (Å²) in [5.74, 6) is 0.244. The smallest absolute Gasteiger partial charge is 0.227 e. The van der Waals surface area contributed by atoms with Crippen molar-refractivity contribution in [3.8, 4) is 0 Å². The van der Waals surface area contributed by atoms with Crippen LogP contribution < -0.4 is 5.32 Å². The number of hydrogen-bond acceptors (Lipinski definition) is 1. The molecule has 0 aliphatic heterocycles. The van der Waals surface area contributed by atoms with E-state index in [2.05, 4.69) is 40.3 Å². The van der Waals surface area contributed by atoms with Gasteiger partial charge in [0.2, 0.25) is 5.91 Å². The third-order valence-corrected chi connectivity index (χ3v) is 3.42. The van der Waals surface area contributed by atoms with Crippen LogP contribution in [0.2, 0.25) is 0 Å². The van der Waals surface area contributed by atoms with Gasteiger partial charge in [-0.05, 0) is 37.0 Å². The van der Waals surface area contributed by atoms with E-state index in [-0.39, 0.29) is 11.8 Å². The molecule has 0 aromatic heterocycles. The summed E-state index contributed by atoms with van der Waals surface area (Å²) in [6.45, 7) is 6.23. The molecule has 18 heavy (non-hydrogen) atoms. The molecule has 1 unspecified atom stereocenters. The van der Waals surface area contributed by atoms with Crippen LogP contribution in [-0.4, -0.2) is 10.7 Å². The molecule has 0 saturated heterocycles. The summed E-state index contributed by atoms with van der Waals surface area (Å²) < 4.78 is 0. The molecule has 1 N–H and O–H groups in total. The van der Waals surface area contributed by atoms with Crippen LogP contribution in [0.15, 0.2) is 24.3 Å². The van der Waals surface area contributed by atoms with Gasteiger partial charge in [-0.1, -0.05) is 48.8 Å². The van der Waals surface area contributed by atoms with Crippen LogP contribution in [0.1, 0.15) is 39.2 Å². The van der Waals surface area contributed by atoms with E-state index in [9.17, 15) is 4.79 Å². The van der Waals surface area contributed by atoms with Crippen molar-refractivity contribution in [2.75, 3.05) is 5.32 Å². The molecule has 0 aliphatic rings. The van der Waals surface area contributed by atoms with E-state index in [0.29, 0.717) is 4.83 Å². The number of benzene rings is 1. The highest BCUT2D eigenvalue weighted by molar-refractivity contribution is 9.09. The fraction of sp³-hybridized carbons (Fsp3) is 0.533. The fourth-order valence-corrected chi connectivity index (χ4v) is 2.33. The molecule has 1 rings (SSSR count). The third-order valence-electron chi connectivity index (χ3n) is 3.09. The van der Waals surface area contributed by atoms with Crippen LogP contribution in [-0.2, 0) is 11.2 Å². The van der Waals surface area contributed by atoms with Crippen molar-refractivity contribution in [2.24, 2.45) is 5.92 Å². The highest BCUT2D eigenvalue weighted by Gasteiger charge is 2.13. The van der Waals surface area contributed by atoms with Gasteiger partial charge >= 0.3 is 0 Å². The monoisotopic (exact) mass is 311 g/mol. The molecule has 3 heteroatoms. The molecule has 1 aromatic carbocycles. The summed E-state index contributed by atoms with van der Waals surface area (Å²) in [5.41, 5.74) is 2.16.